The summed E-state index contributed by atoms with van der Waals surface area (Å²) in [5, 5.41) is 0. The second kappa shape index (κ2) is 3.69. The van der Waals surface area contributed by atoms with Crippen LogP contribution in [0.4, 0.5) is 10.1 Å². The minimum absolute atomic E-state index is 0.467. The SMILES string of the molecule is NNc1ccc(CF)c(Br)c1. The van der Waals surface area contributed by atoms with Crippen LogP contribution in [0.1, 0.15) is 5.56 Å². The Hall–Kier alpha value is -0.610. The fourth-order valence-corrected chi connectivity index (χ4v) is 1.23. The van der Waals surface area contributed by atoms with Crippen LogP contribution < -0.4 is 11.3 Å². The quantitative estimate of drug-likeness (QED) is 0.591. The van der Waals surface area contributed by atoms with Gasteiger partial charge >= 0.3 is 0 Å². The highest BCUT2D eigenvalue weighted by Crippen LogP contribution is 2.21. The molecule has 60 valence electrons. The first-order valence-corrected chi connectivity index (χ1v) is 3.88. The van der Waals surface area contributed by atoms with Crippen molar-refractivity contribution in [3.8, 4) is 0 Å². The predicted octanol–water partition coefficient (Wildman–Crippen LogP) is 2.20. The molecule has 3 N–H and O–H groups in total. The molecule has 0 aliphatic rings. The van der Waals surface area contributed by atoms with Gasteiger partial charge in [0.1, 0.15) is 6.67 Å². The first kappa shape index (κ1) is 8.49. The lowest BCUT2D eigenvalue weighted by atomic mass is 10.2. The van der Waals surface area contributed by atoms with Gasteiger partial charge in [-0.15, -0.1) is 0 Å². The van der Waals surface area contributed by atoms with Crippen LogP contribution in [0.15, 0.2) is 22.7 Å². The number of hydrogen-bond acceptors (Lipinski definition) is 2. The molecule has 1 rings (SSSR count). The lowest BCUT2D eigenvalue weighted by molar-refractivity contribution is 0.484. The number of rotatable bonds is 2. The Kier molecular flexibility index (Phi) is 2.84. The number of alkyl halides is 1. The van der Waals surface area contributed by atoms with Crippen LogP contribution in [0, 0.1) is 0 Å². The maximum atomic E-state index is 12.1. The zero-order valence-corrected chi connectivity index (χ0v) is 7.36. The highest BCUT2D eigenvalue weighted by atomic mass is 79.9. The van der Waals surface area contributed by atoms with E-state index in [0.29, 0.717) is 5.56 Å². The number of anilines is 1. The van der Waals surface area contributed by atoms with Gasteiger partial charge in [0.15, 0.2) is 0 Å². The van der Waals surface area contributed by atoms with Crippen LogP contribution in [-0.2, 0) is 6.67 Å². The Morgan fingerprint density at radius 2 is 2.27 bits per heavy atom. The molecule has 1 aromatic carbocycles. The third kappa shape index (κ3) is 1.91. The molecule has 0 heterocycles. The van der Waals surface area contributed by atoms with E-state index in [1.165, 1.54) is 0 Å². The van der Waals surface area contributed by atoms with E-state index in [1.54, 1.807) is 18.2 Å². The Balaban J connectivity index is 2.99. The van der Waals surface area contributed by atoms with Crippen LogP contribution in [0.2, 0.25) is 0 Å². The number of hydrogen-bond donors (Lipinski definition) is 2. The Morgan fingerprint density at radius 3 is 2.73 bits per heavy atom. The summed E-state index contributed by atoms with van der Waals surface area (Å²) in [4.78, 5) is 0. The Bertz CT molecular complexity index is 252. The molecule has 4 heteroatoms. The van der Waals surface area contributed by atoms with Gasteiger partial charge < -0.3 is 5.43 Å². The van der Waals surface area contributed by atoms with Crippen LogP contribution in [0.25, 0.3) is 0 Å². The third-order valence-corrected chi connectivity index (χ3v) is 2.10. The van der Waals surface area contributed by atoms with Crippen molar-refractivity contribution in [1.29, 1.82) is 0 Å². The fraction of sp³-hybridized carbons (Fsp3) is 0.143. The largest absolute Gasteiger partial charge is 0.324 e. The summed E-state index contributed by atoms with van der Waals surface area (Å²) in [6.45, 7) is -0.467. The summed E-state index contributed by atoms with van der Waals surface area (Å²) in [5.74, 6) is 5.15. The second-order valence-electron chi connectivity index (χ2n) is 2.08. The van der Waals surface area contributed by atoms with Crippen LogP contribution >= 0.6 is 15.9 Å². The Labute approximate surface area is 72.7 Å². The highest BCUT2D eigenvalue weighted by molar-refractivity contribution is 9.10. The van der Waals surface area contributed by atoms with Gasteiger partial charge in [-0.3, -0.25) is 5.84 Å². The topological polar surface area (TPSA) is 38.0 Å². The van der Waals surface area contributed by atoms with Crippen LogP contribution in [0.3, 0.4) is 0 Å². The van der Waals surface area contributed by atoms with E-state index in [2.05, 4.69) is 21.4 Å². The molecule has 0 bridgehead atoms. The van der Waals surface area contributed by atoms with Crippen molar-refractivity contribution in [3.63, 3.8) is 0 Å². The standard InChI is InChI=1S/C7H8BrFN2/c8-7-3-6(11-10)2-1-5(7)4-9/h1-3,11H,4,10H2. The summed E-state index contributed by atoms with van der Waals surface area (Å²) >= 11 is 3.21. The molecule has 0 aliphatic carbocycles. The van der Waals surface area contributed by atoms with E-state index < -0.39 is 6.67 Å². The van der Waals surface area contributed by atoms with Gasteiger partial charge in [0, 0.05) is 10.2 Å². The third-order valence-electron chi connectivity index (χ3n) is 1.36. The van der Waals surface area contributed by atoms with Gasteiger partial charge in [-0.05, 0) is 17.7 Å². The number of halogens is 2. The fourth-order valence-electron chi connectivity index (χ4n) is 0.745. The van der Waals surface area contributed by atoms with E-state index >= 15 is 0 Å². The molecule has 0 fully saturated rings. The van der Waals surface area contributed by atoms with Crippen molar-refractivity contribution in [2.24, 2.45) is 5.84 Å². The average molecular weight is 219 g/mol. The average Bonchev–Trinajstić information content (AvgIpc) is 2.04. The number of hydrazine groups is 1. The summed E-state index contributed by atoms with van der Waals surface area (Å²) in [6, 6.07) is 5.13. The molecule has 0 aliphatic heterocycles. The van der Waals surface area contributed by atoms with Crippen molar-refractivity contribution >= 4 is 21.6 Å². The molecule has 0 saturated heterocycles. The van der Waals surface area contributed by atoms with Gasteiger partial charge in [0.05, 0.1) is 0 Å². The molecular formula is C7H8BrFN2. The van der Waals surface area contributed by atoms with E-state index in [9.17, 15) is 4.39 Å². The first-order valence-electron chi connectivity index (χ1n) is 3.09. The molecule has 2 nitrogen and oxygen atoms in total. The van der Waals surface area contributed by atoms with Gasteiger partial charge in [-0.2, -0.15) is 0 Å². The minimum atomic E-state index is -0.467. The van der Waals surface area contributed by atoms with Gasteiger partial charge in [-0.25, -0.2) is 4.39 Å². The number of nitrogens with two attached hydrogens (primary N) is 1. The van der Waals surface area contributed by atoms with E-state index in [0.717, 1.165) is 10.2 Å². The number of nitrogens with one attached hydrogen (secondary N) is 1. The molecule has 0 saturated carbocycles. The number of benzene rings is 1. The first-order chi connectivity index (χ1) is 5.27. The summed E-state index contributed by atoms with van der Waals surface area (Å²) in [7, 11) is 0. The zero-order chi connectivity index (χ0) is 8.27. The van der Waals surface area contributed by atoms with Crippen molar-refractivity contribution in [2.75, 3.05) is 5.43 Å². The molecule has 1 aromatic rings. The lowest BCUT2D eigenvalue weighted by Crippen LogP contribution is -2.06. The highest BCUT2D eigenvalue weighted by Gasteiger charge is 1.98. The van der Waals surface area contributed by atoms with E-state index in [-0.39, 0.29) is 0 Å². The van der Waals surface area contributed by atoms with E-state index in [4.69, 9.17) is 5.84 Å². The van der Waals surface area contributed by atoms with Crippen LogP contribution in [0.5, 0.6) is 0 Å². The van der Waals surface area contributed by atoms with Crippen LogP contribution in [-0.4, -0.2) is 0 Å². The second-order valence-corrected chi connectivity index (χ2v) is 2.94. The van der Waals surface area contributed by atoms with Crippen molar-refractivity contribution in [2.45, 2.75) is 6.67 Å². The molecule has 0 radical (unpaired) electrons. The van der Waals surface area contributed by atoms with Crippen molar-refractivity contribution in [3.05, 3.63) is 28.2 Å². The molecular weight excluding hydrogens is 211 g/mol. The summed E-state index contributed by atoms with van der Waals surface area (Å²) < 4.78 is 12.9. The number of nitrogen functional groups attached to an aromatic ring is 1. The molecule has 11 heavy (non-hydrogen) atoms. The van der Waals surface area contributed by atoms with Gasteiger partial charge in [0.2, 0.25) is 0 Å². The molecule has 0 atom stereocenters. The molecule has 0 amide bonds. The minimum Gasteiger partial charge on any atom is -0.324 e. The van der Waals surface area contributed by atoms with Crippen molar-refractivity contribution in [1.82, 2.24) is 0 Å². The molecule has 0 unspecified atom stereocenters. The maximum absolute atomic E-state index is 12.1. The van der Waals surface area contributed by atoms with E-state index in [1.807, 2.05) is 0 Å². The van der Waals surface area contributed by atoms with Gasteiger partial charge in [0.25, 0.3) is 0 Å². The molecule has 0 aromatic heterocycles. The predicted molar refractivity (Wildman–Crippen MR) is 46.8 cm³/mol. The maximum Gasteiger partial charge on any atom is 0.116 e. The summed E-state index contributed by atoms with van der Waals surface area (Å²) in [5.41, 5.74) is 3.85. The van der Waals surface area contributed by atoms with Crippen molar-refractivity contribution < 1.29 is 4.39 Å². The lowest BCUT2D eigenvalue weighted by Gasteiger charge is -2.02. The molecule has 0 spiro atoms. The normalized spacial score (nSPS) is 9.73. The smallest absolute Gasteiger partial charge is 0.116 e. The zero-order valence-electron chi connectivity index (χ0n) is 5.77. The van der Waals surface area contributed by atoms with Gasteiger partial charge in [-0.1, -0.05) is 22.0 Å². The monoisotopic (exact) mass is 218 g/mol. The Morgan fingerprint density at radius 1 is 1.55 bits per heavy atom. The summed E-state index contributed by atoms with van der Waals surface area (Å²) in [6.07, 6.45) is 0.